The molecule has 1 amide bonds. The number of benzene rings is 2. The van der Waals surface area contributed by atoms with Gasteiger partial charge in [-0.2, -0.15) is 0 Å². The van der Waals surface area contributed by atoms with E-state index in [2.05, 4.69) is 15.9 Å². The molecule has 0 saturated carbocycles. The highest BCUT2D eigenvalue weighted by molar-refractivity contribution is 9.10. The number of para-hydroxylation sites is 1. The third kappa shape index (κ3) is 3.69. The van der Waals surface area contributed by atoms with Crippen molar-refractivity contribution in [2.24, 2.45) is 0 Å². The van der Waals surface area contributed by atoms with Crippen molar-refractivity contribution < 1.29 is 18.3 Å². The zero-order valence-electron chi connectivity index (χ0n) is 15.3. The van der Waals surface area contributed by atoms with Crippen molar-refractivity contribution in [2.75, 3.05) is 4.90 Å². The Kier molecular flexibility index (Phi) is 5.22. The number of hydrogen-bond acceptors (Lipinski definition) is 3. The molecule has 0 N–H and O–H groups in total. The van der Waals surface area contributed by atoms with Gasteiger partial charge in [0.2, 0.25) is 0 Å². The van der Waals surface area contributed by atoms with E-state index in [9.17, 15) is 9.18 Å². The molecule has 3 aromatic rings. The van der Waals surface area contributed by atoms with Crippen molar-refractivity contribution in [2.45, 2.75) is 32.4 Å². The van der Waals surface area contributed by atoms with Crippen molar-refractivity contribution in [3.05, 3.63) is 82.0 Å². The van der Waals surface area contributed by atoms with Gasteiger partial charge in [-0.1, -0.05) is 12.1 Å². The second-order valence-corrected chi connectivity index (χ2v) is 7.68. The van der Waals surface area contributed by atoms with E-state index in [0.29, 0.717) is 11.5 Å². The summed E-state index contributed by atoms with van der Waals surface area (Å²) >= 11 is 3.43. The Balaban J connectivity index is 1.52. The third-order valence-corrected chi connectivity index (χ3v) is 5.53. The smallest absolute Gasteiger partial charge is 0.294 e. The highest BCUT2D eigenvalue weighted by atomic mass is 79.9. The molecule has 28 heavy (non-hydrogen) atoms. The molecule has 2 aromatic carbocycles. The lowest BCUT2D eigenvalue weighted by Gasteiger charge is -2.34. The van der Waals surface area contributed by atoms with Gasteiger partial charge >= 0.3 is 0 Å². The van der Waals surface area contributed by atoms with Crippen LogP contribution in [-0.2, 0) is 13.0 Å². The van der Waals surface area contributed by atoms with E-state index in [-0.39, 0.29) is 30.1 Å². The van der Waals surface area contributed by atoms with Crippen molar-refractivity contribution in [1.29, 1.82) is 0 Å². The van der Waals surface area contributed by atoms with E-state index in [0.717, 1.165) is 28.6 Å². The standard InChI is InChI=1S/C22H19BrFNO3/c1-14-6-7-15-12-16(24)8-10-19(15)25(14)22(26)21-11-9-17(28-21)13-27-20-5-3-2-4-18(20)23/h2-5,8-12,14H,6-7,13H2,1H3. The van der Waals surface area contributed by atoms with Crippen LogP contribution in [0.2, 0.25) is 0 Å². The molecule has 6 heteroatoms. The number of rotatable bonds is 4. The summed E-state index contributed by atoms with van der Waals surface area (Å²) in [5, 5.41) is 0. The molecule has 144 valence electrons. The van der Waals surface area contributed by atoms with Crippen LogP contribution in [0.4, 0.5) is 10.1 Å². The summed E-state index contributed by atoms with van der Waals surface area (Å²) in [6, 6.07) is 15.5. The third-order valence-electron chi connectivity index (χ3n) is 4.87. The maximum Gasteiger partial charge on any atom is 0.294 e. The fraction of sp³-hybridized carbons (Fsp3) is 0.227. The molecule has 0 saturated heterocycles. The second-order valence-electron chi connectivity index (χ2n) is 6.82. The van der Waals surface area contributed by atoms with Gasteiger partial charge in [-0.15, -0.1) is 0 Å². The van der Waals surface area contributed by atoms with E-state index < -0.39 is 0 Å². The summed E-state index contributed by atoms with van der Waals surface area (Å²) in [5.74, 6) is 0.989. The zero-order chi connectivity index (χ0) is 19.7. The molecule has 0 aliphatic carbocycles. The number of carbonyl (C=O) groups is 1. The van der Waals surface area contributed by atoms with Gasteiger partial charge in [0, 0.05) is 11.7 Å². The van der Waals surface area contributed by atoms with E-state index in [4.69, 9.17) is 9.15 Å². The van der Waals surface area contributed by atoms with Gasteiger partial charge in [0.1, 0.15) is 23.9 Å². The maximum atomic E-state index is 13.6. The first-order valence-corrected chi connectivity index (χ1v) is 9.90. The number of amides is 1. The Morgan fingerprint density at radius 1 is 1.25 bits per heavy atom. The van der Waals surface area contributed by atoms with Crippen LogP contribution in [0.3, 0.4) is 0 Å². The monoisotopic (exact) mass is 443 g/mol. The van der Waals surface area contributed by atoms with Crippen molar-refractivity contribution in [3.8, 4) is 5.75 Å². The minimum absolute atomic E-state index is 0.00975. The van der Waals surface area contributed by atoms with Crippen LogP contribution in [-0.4, -0.2) is 11.9 Å². The first-order valence-electron chi connectivity index (χ1n) is 9.11. The number of halogens is 2. The summed E-state index contributed by atoms with van der Waals surface area (Å²) in [6.07, 6.45) is 1.53. The average molecular weight is 444 g/mol. The molecular formula is C22H19BrFNO3. The zero-order valence-corrected chi connectivity index (χ0v) is 16.9. The molecule has 0 radical (unpaired) electrons. The van der Waals surface area contributed by atoms with Crippen LogP contribution in [0.1, 0.15) is 35.2 Å². The van der Waals surface area contributed by atoms with E-state index in [1.165, 1.54) is 12.1 Å². The van der Waals surface area contributed by atoms with Gasteiger partial charge in [0.25, 0.3) is 5.91 Å². The summed E-state index contributed by atoms with van der Waals surface area (Å²) < 4.78 is 25.9. The highest BCUT2D eigenvalue weighted by Gasteiger charge is 2.30. The number of anilines is 1. The fourth-order valence-corrected chi connectivity index (χ4v) is 3.83. The molecule has 1 aromatic heterocycles. The van der Waals surface area contributed by atoms with Gasteiger partial charge < -0.3 is 14.1 Å². The van der Waals surface area contributed by atoms with E-state index >= 15 is 0 Å². The van der Waals surface area contributed by atoms with Crippen LogP contribution in [0.15, 0.2) is 63.5 Å². The van der Waals surface area contributed by atoms with Crippen LogP contribution < -0.4 is 9.64 Å². The quantitative estimate of drug-likeness (QED) is 0.515. The van der Waals surface area contributed by atoms with Gasteiger partial charge in [0.05, 0.1) is 4.47 Å². The van der Waals surface area contributed by atoms with E-state index in [1.807, 2.05) is 31.2 Å². The van der Waals surface area contributed by atoms with Crippen LogP contribution >= 0.6 is 15.9 Å². The minimum atomic E-state index is -0.287. The molecule has 1 atom stereocenters. The maximum absolute atomic E-state index is 13.6. The molecule has 2 heterocycles. The lowest BCUT2D eigenvalue weighted by molar-refractivity contribution is 0.0944. The van der Waals surface area contributed by atoms with Crippen LogP contribution in [0, 0.1) is 5.82 Å². The number of ether oxygens (including phenoxy) is 1. The molecule has 4 nitrogen and oxygen atoms in total. The Morgan fingerprint density at radius 3 is 2.89 bits per heavy atom. The first-order chi connectivity index (χ1) is 13.5. The number of carbonyl (C=O) groups excluding carboxylic acids is 1. The van der Waals surface area contributed by atoms with Gasteiger partial charge in [-0.05, 0) is 83.7 Å². The summed E-state index contributed by atoms with van der Waals surface area (Å²) in [7, 11) is 0. The molecule has 0 bridgehead atoms. The fourth-order valence-electron chi connectivity index (χ4n) is 3.43. The minimum Gasteiger partial charge on any atom is -0.484 e. The summed E-state index contributed by atoms with van der Waals surface area (Å²) in [6.45, 7) is 2.21. The number of nitrogens with zero attached hydrogens (tertiary/aromatic N) is 1. The Hall–Kier alpha value is -2.60. The molecule has 1 unspecified atom stereocenters. The van der Waals surface area contributed by atoms with Crippen molar-refractivity contribution in [3.63, 3.8) is 0 Å². The molecule has 1 aliphatic heterocycles. The normalized spacial score (nSPS) is 16.0. The second kappa shape index (κ2) is 7.80. The number of hydrogen-bond donors (Lipinski definition) is 0. The Bertz CT molecular complexity index is 1020. The van der Waals surface area contributed by atoms with Gasteiger partial charge in [0.15, 0.2) is 5.76 Å². The molecular weight excluding hydrogens is 425 g/mol. The lowest BCUT2D eigenvalue weighted by Crippen LogP contribution is -2.42. The SMILES string of the molecule is CC1CCc2cc(F)ccc2N1C(=O)c1ccc(COc2ccccc2Br)o1. The number of furan rings is 1. The lowest BCUT2D eigenvalue weighted by atomic mass is 9.96. The number of fused-ring (bicyclic) bond motifs is 1. The predicted octanol–water partition coefficient (Wildman–Crippen LogP) is 5.74. The first kappa shape index (κ1) is 18.7. The Morgan fingerprint density at radius 2 is 2.07 bits per heavy atom. The van der Waals surface area contributed by atoms with Gasteiger partial charge in [-0.25, -0.2) is 4.39 Å². The largest absolute Gasteiger partial charge is 0.484 e. The number of aryl methyl sites for hydroxylation is 1. The molecule has 4 rings (SSSR count). The van der Waals surface area contributed by atoms with Crippen LogP contribution in [0.25, 0.3) is 0 Å². The van der Waals surface area contributed by atoms with Crippen molar-refractivity contribution in [1.82, 2.24) is 0 Å². The molecule has 1 aliphatic rings. The van der Waals surface area contributed by atoms with Crippen LogP contribution in [0.5, 0.6) is 5.75 Å². The summed E-state index contributed by atoms with van der Waals surface area (Å²) in [4.78, 5) is 14.8. The summed E-state index contributed by atoms with van der Waals surface area (Å²) in [5.41, 5.74) is 1.59. The predicted molar refractivity (Wildman–Crippen MR) is 108 cm³/mol. The molecule has 0 spiro atoms. The Labute approximate surface area is 171 Å². The van der Waals surface area contributed by atoms with E-state index in [1.54, 1.807) is 23.1 Å². The van der Waals surface area contributed by atoms with Crippen molar-refractivity contribution >= 4 is 27.5 Å². The highest BCUT2D eigenvalue weighted by Crippen LogP contribution is 2.33. The topological polar surface area (TPSA) is 42.7 Å². The average Bonchev–Trinajstić information content (AvgIpc) is 3.16. The van der Waals surface area contributed by atoms with Gasteiger partial charge in [-0.3, -0.25) is 4.79 Å². The molecule has 0 fully saturated rings.